The van der Waals surface area contributed by atoms with E-state index < -0.39 is 5.63 Å². The van der Waals surface area contributed by atoms with Crippen molar-refractivity contribution in [1.29, 1.82) is 0 Å². The molecule has 0 aliphatic carbocycles. The van der Waals surface area contributed by atoms with Crippen molar-refractivity contribution in [2.45, 2.75) is 13.1 Å². The molecule has 3 aromatic rings. The maximum absolute atomic E-state index is 11.8. The van der Waals surface area contributed by atoms with Gasteiger partial charge in [-0.2, -0.15) is 0 Å². The van der Waals surface area contributed by atoms with Gasteiger partial charge in [0.05, 0.1) is 26.8 Å². The number of hydrogen-bond donors (Lipinski definition) is 2. The highest BCUT2D eigenvalue weighted by Crippen LogP contribution is 2.30. The number of aromatic hydroxyl groups is 1. The van der Waals surface area contributed by atoms with E-state index in [2.05, 4.69) is 0 Å². The van der Waals surface area contributed by atoms with Crippen LogP contribution < -0.4 is 20.0 Å². The summed E-state index contributed by atoms with van der Waals surface area (Å²) in [5.74, 6) is 1.48. The monoisotopic (exact) mass is 356 g/mol. The van der Waals surface area contributed by atoms with Gasteiger partial charge in [0.2, 0.25) is 0 Å². The Balaban J connectivity index is 1.89. The molecule has 1 aromatic heterocycles. The summed E-state index contributed by atoms with van der Waals surface area (Å²) in [4.78, 5) is 13.0. The van der Waals surface area contributed by atoms with Gasteiger partial charge in [-0.05, 0) is 24.3 Å². The van der Waals surface area contributed by atoms with Gasteiger partial charge in [-0.15, -0.1) is 0 Å². The predicted octanol–water partition coefficient (Wildman–Crippen LogP) is 1.73. The van der Waals surface area contributed by atoms with Gasteiger partial charge in [0.25, 0.3) is 0 Å². The fraction of sp³-hybridized carbons (Fsp3) is 0.250. The van der Waals surface area contributed by atoms with E-state index >= 15 is 0 Å². The topological polar surface area (TPSA) is 73.3 Å². The maximum Gasteiger partial charge on any atom is 0.336 e. The Labute approximate surface area is 151 Å². The number of phenols is 1. The van der Waals surface area contributed by atoms with Crippen LogP contribution in [0.4, 0.5) is 0 Å². The minimum absolute atomic E-state index is 0.0691. The van der Waals surface area contributed by atoms with Crippen LogP contribution in [-0.2, 0) is 13.1 Å². The molecule has 0 spiro atoms. The molecule has 1 unspecified atom stereocenters. The molecular formula is C20H22NO5+. The summed E-state index contributed by atoms with van der Waals surface area (Å²) in [5.41, 5.74) is 1.86. The number of hydrogen-bond acceptors (Lipinski definition) is 5. The van der Waals surface area contributed by atoms with E-state index in [4.69, 9.17) is 13.9 Å². The number of phenolic OH excluding ortho intramolecular Hbond substituents is 1. The average molecular weight is 356 g/mol. The maximum atomic E-state index is 11.8. The third-order valence-corrected chi connectivity index (χ3v) is 4.28. The zero-order chi connectivity index (χ0) is 18.7. The number of rotatable bonds is 6. The Morgan fingerprint density at radius 2 is 1.81 bits per heavy atom. The number of quaternary nitrogens is 1. The lowest BCUT2D eigenvalue weighted by Gasteiger charge is -2.18. The van der Waals surface area contributed by atoms with Gasteiger partial charge >= 0.3 is 5.63 Å². The first-order valence-corrected chi connectivity index (χ1v) is 8.28. The van der Waals surface area contributed by atoms with Crippen molar-refractivity contribution in [2.24, 2.45) is 0 Å². The van der Waals surface area contributed by atoms with E-state index in [1.165, 1.54) is 12.1 Å². The number of para-hydroxylation sites is 1. The average Bonchev–Trinajstić information content (AvgIpc) is 2.60. The van der Waals surface area contributed by atoms with Crippen LogP contribution >= 0.6 is 0 Å². The molecule has 3 rings (SSSR count). The first kappa shape index (κ1) is 17.8. The van der Waals surface area contributed by atoms with Gasteiger partial charge < -0.3 is 23.9 Å². The summed E-state index contributed by atoms with van der Waals surface area (Å²) in [5, 5.41) is 10.4. The molecule has 0 saturated carbocycles. The van der Waals surface area contributed by atoms with Crippen molar-refractivity contribution >= 4 is 11.0 Å². The fourth-order valence-electron chi connectivity index (χ4n) is 3.17. The van der Waals surface area contributed by atoms with Crippen LogP contribution in [0.1, 0.15) is 11.1 Å². The molecule has 0 radical (unpaired) electrons. The zero-order valence-electron chi connectivity index (χ0n) is 15.0. The standard InChI is InChI=1S/C20H21NO5/c1-21(11-13-5-4-6-17(24-2)20(13)25-3)12-14-9-19(23)26-18-10-15(22)7-8-16(14)18/h4-10,22H,11-12H2,1-3H3/p+1. The summed E-state index contributed by atoms with van der Waals surface area (Å²) in [6, 6.07) is 12.1. The molecule has 6 nitrogen and oxygen atoms in total. The lowest BCUT2D eigenvalue weighted by Crippen LogP contribution is -3.06. The molecule has 136 valence electrons. The van der Waals surface area contributed by atoms with Crippen LogP contribution in [0.15, 0.2) is 51.7 Å². The van der Waals surface area contributed by atoms with Crippen LogP contribution in [0.2, 0.25) is 0 Å². The van der Waals surface area contributed by atoms with Crippen LogP contribution in [0, 0.1) is 0 Å². The third kappa shape index (κ3) is 3.65. The van der Waals surface area contributed by atoms with Crippen LogP contribution in [0.5, 0.6) is 17.2 Å². The Morgan fingerprint density at radius 3 is 2.54 bits per heavy atom. The van der Waals surface area contributed by atoms with E-state index in [1.54, 1.807) is 26.4 Å². The van der Waals surface area contributed by atoms with E-state index in [9.17, 15) is 9.90 Å². The van der Waals surface area contributed by atoms with Crippen molar-refractivity contribution in [3.8, 4) is 17.2 Å². The van der Waals surface area contributed by atoms with E-state index in [0.717, 1.165) is 27.2 Å². The van der Waals surface area contributed by atoms with Gasteiger partial charge in [-0.25, -0.2) is 4.79 Å². The zero-order valence-corrected chi connectivity index (χ0v) is 15.0. The summed E-state index contributed by atoms with van der Waals surface area (Å²) in [6.07, 6.45) is 0. The van der Waals surface area contributed by atoms with Gasteiger partial charge in [-0.3, -0.25) is 0 Å². The SMILES string of the molecule is COc1cccc(C[NH+](C)Cc2cc(=O)oc3cc(O)ccc23)c1OC. The Kier molecular flexibility index (Phi) is 5.14. The first-order chi connectivity index (χ1) is 12.5. The molecule has 0 amide bonds. The fourth-order valence-corrected chi connectivity index (χ4v) is 3.17. The molecule has 1 atom stereocenters. The molecule has 6 heteroatoms. The van der Waals surface area contributed by atoms with E-state index in [0.29, 0.717) is 24.4 Å². The molecule has 0 saturated heterocycles. The molecule has 1 heterocycles. The van der Waals surface area contributed by atoms with Gasteiger partial charge in [0.15, 0.2) is 11.5 Å². The molecule has 2 aromatic carbocycles. The molecule has 0 aliphatic heterocycles. The minimum Gasteiger partial charge on any atom is -0.508 e. The van der Waals surface area contributed by atoms with Crippen molar-refractivity contribution < 1.29 is 23.9 Å². The van der Waals surface area contributed by atoms with Gasteiger partial charge in [0.1, 0.15) is 24.4 Å². The quantitative estimate of drug-likeness (QED) is 0.658. The number of fused-ring (bicyclic) bond motifs is 1. The molecule has 0 aliphatic rings. The van der Waals surface area contributed by atoms with Crippen LogP contribution in [-0.4, -0.2) is 26.4 Å². The number of ether oxygens (including phenoxy) is 2. The Bertz CT molecular complexity index is 980. The highest BCUT2D eigenvalue weighted by atomic mass is 16.5. The van der Waals surface area contributed by atoms with Crippen LogP contribution in [0.3, 0.4) is 0 Å². The van der Waals surface area contributed by atoms with Gasteiger partial charge in [-0.1, -0.05) is 6.07 Å². The normalized spacial score (nSPS) is 12.1. The smallest absolute Gasteiger partial charge is 0.336 e. The number of benzene rings is 2. The molecule has 2 N–H and O–H groups in total. The molecule has 26 heavy (non-hydrogen) atoms. The van der Waals surface area contributed by atoms with Crippen LogP contribution in [0.25, 0.3) is 11.0 Å². The van der Waals surface area contributed by atoms with Crippen molar-refractivity contribution in [2.75, 3.05) is 21.3 Å². The second-order valence-corrected chi connectivity index (χ2v) is 6.23. The van der Waals surface area contributed by atoms with Crippen molar-refractivity contribution in [3.05, 3.63) is 64.0 Å². The van der Waals surface area contributed by atoms with E-state index in [1.807, 2.05) is 25.2 Å². The molecule has 0 fully saturated rings. The number of nitrogens with one attached hydrogen (secondary N) is 1. The highest BCUT2D eigenvalue weighted by molar-refractivity contribution is 5.81. The van der Waals surface area contributed by atoms with Crippen molar-refractivity contribution in [1.82, 2.24) is 0 Å². The lowest BCUT2D eigenvalue weighted by atomic mass is 10.1. The largest absolute Gasteiger partial charge is 0.508 e. The second-order valence-electron chi connectivity index (χ2n) is 6.23. The summed E-state index contributed by atoms with van der Waals surface area (Å²) in [7, 11) is 5.28. The lowest BCUT2D eigenvalue weighted by molar-refractivity contribution is -0.907. The Morgan fingerprint density at radius 1 is 1.04 bits per heavy atom. The van der Waals surface area contributed by atoms with Crippen molar-refractivity contribution in [3.63, 3.8) is 0 Å². The summed E-state index contributed by atoms with van der Waals surface area (Å²) >= 11 is 0. The summed E-state index contributed by atoms with van der Waals surface area (Å²) in [6.45, 7) is 1.31. The number of methoxy groups -OCH3 is 2. The first-order valence-electron chi connectivity index (χ1n) is 8.28. The Hall–Kier alpha value is -2.99. The summed E-state index contributed by atoms with van der Waals surface area (Å²) < 4.78 is 16.0. The van der Waals surface area contributed by atoms with Gasteiger partial charge in [0, 0.05) is 23.1 Å². The molecular weight excluding hydrogens is 334 g/mol. The van der Waals surface area contributed by atoms with E-state index in [-0.39, 0.29) is 5.75 Å². The minimum atomic E-state index is -0.426. The highest BCUT2D eigenvalue weighted by Gasteiger charge is 2.16. The molecule has 0 bridgehead atoms. The second kappa shape index (κ2) is 7.49. The predicted molar refractivity (Wildman–Crippen MR) is 98.0 cm³/mol. The third-order valence-electron chi connectivity index (χ3n) is 4.28.